The van der Waals surface area contributed by atoms with Gasteiger partial charge in [-0.25, -0.2) is 0 Å². The average molecular weight is 310 g/mol. The summed E-state index contributed by atoms with van der Waals surface area (Å²) in [6.07, 6.45) is 1.02. The molecule has 1 aliphatic rings. The minimum Gasteiger partial charge on any atom is -0.355 e. The molecule has 1 unspecified atom stereocenters. The van der Waals surface area contributed by atoms with Gasteiger partial charge in [0.1, 0.15) is 10.0 Å². The highest BCUT2D eigenvalue weighted by atomic mass is 32.1. The molecule has 116 valence electrons. The van der Waals surface area contributed by atoms with Gasteiger partial charge >= 0.3 is 0 Å². The molecule has 1 aliphatic heterocycles. The number of carbonyl (C=O) groups excluding carboxylic acids is 2. The zero-order valence-corrected chi connectivity index (χ0v) is 13.6. The molecule has 0 spiro atoms. The molecule has 1 fully saturated rings. The van der Waals surface area contributed by atoms with Crippen molar-refractivity contribution in [3.8, 4) is 0 Å². The number of aromatic nitrogens is 2. The van der Waals surface area contributed by atoms with Crippen molar-refractivity contribution in [3.63, 3.8) is 0 Å². The molecule has 0 aliphatic carbocycles. The Balaban J connectivity index is 1.75. The van der Waals surface area contributed by atoms with Crippen molar-refractivity contribution in [1.82, 2.24) is 20.4 Å². The number of aryl methyl sites for hydroxylation is 1. The molecule has 1 aromatic rings. The summed E-state index contributed by atoms with van der Waals surface area (Å²) in [5, 5.41) is 12.7. The van der Waals surface area contributed by atoms with Gasteiger partial charge in [-0.1, -0.05) is 13.8 Å². The van der Waals surface area contributed by atoms with Crippen LogP contribution in [-0.4, -0.2) is 46.5 Å². The van der Waals surface area contributed by atoms with Crippen molar-refractivity contribution >= 4 is 23.2 Å². The van der Waals surface area contributed by atoms with Crippen LogP contribution < -0.4 is 5.32 Å². The van der Waals surface area contributed by atoms with Crippen LogP contribution >= 0.6 is 11.3 Å². The maximum Gasteiger partial charge on any atom is 0.225 e. The quantitative estimate of drug-likeness (QED) is 0.851. The van der Waals surface area contributed by atoms with Crippen molar-refractivity contribution in [3.05, 3.63) is 10.0 Å². The van der Waals surface area contributed by atoms with E-state index in [1.807, 2.05) is 6.92 Å². The summed E-state index contributed by atoms with van der Waals surface area (Å²) in [7, 11) is 0. The van der Waals surface area contributed by atoms with E-state index in [4.69, 9.17) is 0 Å². The van der Waals surface area contributed by atoms with Gasteiger partial charge in [0.15, 0.2) is 0 Å². The summed E-state index contributed by atoms with van der Waals surface area (Å²) in [6.45, 7) is 7.87. The van der Waals surface area contributed by atoms with Gasteiger partial charge in [-0.2, -0.15) is 0 Å². The second kappa shape index (κ2) is 6.98. The lowest BCUT2D eigenvalue weighted by Crippen LogP contribution is -2.35. The first-order valence-corrected chi connectivity index (χ1v) is 8.12. The fraction of sp³-hybridized carbons (Fsp3) is 0.714. The maximum absolute atomic E-state index is 12.1. The van der Waals surface area contributed by atoms with Crippen LogP contribution in [0.5, 0.6) is 0 Å². The number of amides is 2. The van der Waals surface area contributed by atoms with E-state index in [2.05, 4.69) is 29.4 Å². The van der Waals surface area contributed by atoms with Gasteiger partial charge < -0.3 is 10.2 Å². The summed E-state index contributed by atoms with van der Waals surface area (Å²) in [5.74, 6) is 0.267. The van der Waals surface area contributed by atoms with Crippen molar-refractivity contribution in [2.75, 3.05) is 19.6 Å². The van der Waals surface area contributed by atoms with Gasteiger partial charge in [0.05, 0.1) is 5.92 Å². The van der Waals surface area contributed by atoms with E-state index in [1.54, 1.807) is 16.2 Å². The van der Waals surface area contributed by atoms with E-state index in [0.29, 0.717) is 31.8 Å². The number of carbonyl (C=O) groups is 2. The Kier molecular flexibility index (Phi) is 5.27. The molecule has 0 bridgehead atoms. The van der Waals surface area contributed by atoms with Gasteiger partial charge in [-0.05, 0) is 12.8 Å². The second-order valence-electron chi connectivity index (χ2n) is 5.85. The number of nitrogens with one attached hydrogen (secondary N) is 1. The topological polar surface area (TPSA) is 75.2 Å². The molecule has 2 rings (SSSR count). The van der Waals surface area contributed by atoms with Crippen LogP contribution in [0.3, 0.4) is 0 Å². The summed E-state index contributed by atoms with van der Waals surface area (Å²) < 4.78 is 0. The molecular weight excluding hydrogens is 288 g/mol. The smallest absolute Gasteiger partial charge is 0.225 e. The normalized spacial score (nSPS) is 18.6. The van der Waals surface area contributed by atoms with Gasteiger partial charge in [0.2, 0.25) is 11.8 Å². The molecule has 21 heavy (non-hydrogen) atoms. The zero-order valence-electron chi connectivity index (χ0n) is 12.8. The van der Waals surface area contributed by atoms with E-state index in [-0.39, 0.29) is 17.7 Å². The SMILES string of the molecule is Cc1nnc(CCNC(=O)C2CC(=O)N(CC(C)C)C2)s1. The Morgan fingerprint density at radius 1 is 1.48 bits per heavy atom. The Labute approximate surface area is 128 Å². The molecule has 1 aromatic heterocycles. The second-order valence-corrected chi connectivity index (χ2v) is 7.12. The third-order valence-corrected chi connectivity index (χ3v) is 4.28. The molecule has 2 amide bonds. The third kappa shape index (κ3) is 4.49. The minimum absolute atomic E-state index is 0.0316. The number of likely N-dealkylation sites (tertiary alicyclic amines) is 1. The van der Waals surface area contributed by atoms with Crippen LogP contribution in [0.2, 0.25) is 0 Å². The molecule has 0 aromatic carbocycles. The summed E-state index contributed by atoms with van der Waals surface area (Å²) in [6, 6.07) is 0. The fourth-order valence-electron chi connectivity index (χ4n) is 2.44. The van der Waals surface area contributed by atoms with Crippen LogP contribution in [0, 0.1) is 18.8 Å². The summed E-state index contributed by atoms with van der Waals surface area (Å²) in [5.41, 5.74) is 0. The monoisotopic (exact) mass is 310 g/mol. The first-order valence-electron chi connectivity index (χ1n) is 7.30. The van der Waals surface area contributed by atoms with Crippen LogP contribution in [0.4, 0.5) is 0 Å². The summed E-state index contributed by atoms with van der Waals surface area (Å²) in [4.78, 5) is 25.7. The minimum atomic E-state index is -0.215. The number of rotatable bonds is 6. The van der Waals surface area contributed by atoms with E-state index in [0.717, 1.165) is 16.6 Å². The molecule has 1 N–H and O–H groups in total. The number of hydrogen-bond donors (Lipinski definition) is 1. The summed E-state index contributed by atoms with van der Waals surface area (Å²) >= 11 is 1.54. The van der Waals surface area contributed by atoms with Crippen LogP contribution in [0.1, 0.15) is 30.3 Å². The number of hydrogen-bond acceptors (Lipinski definition) is 5. The Hall–Kier alpha value is -1.50. The van der Waals surface area contributed by atoms with Gasteiger partial charge in [-0.3, -0.25) is 9.59 Å². The molecular formula is C14H22N4O2S. The van der Waals surface area contributed by atoms with E-state index < -0.39 is 0 Å². The Morgan fingerprint density at radius 3 is 2.86 bits per heavy atom. The molecule has 7 heteroatoms. The number of nitrogens with zero attached hydrogens (tertiary/aromatic N) is 3. The highest BCUT2D eigenvalue weighted by Crippen LogP contribution is 2.19. The largest absolute Gasteiger partial charge is 0.355 e. The van der Waals surface area contributed by atoms with Gasteiger partial charge in [0.25, 0.3) is 0 Å². The lowest BCUT2D eigenvalue weighted by Gasteiger charge is -2.18. The Bertz CT molecular complexity index is 515. The third-order valence-electron chi connectivity index (χ3n) is 3.38. The first kappa shape index (κ1) is 15.9. The van der Waals surface area contributed by atoms with Crippen molar-refractivity contribution in [1.29, 1.82) is 0 Å². The van der Waals surface area contributed by atoms with Crippen molar-refractivity contribution < 1.29 is 9.59 Å². The lowest BCUT2D eigenvalue weighted by molar-refractivity contribution is -0.129. The van der Waals surface area contributed by atoms with Crippen LogP contribution in [-0.2, 0) is 16.0 Å². The lowest BCUT2D eigenvalue weighted by atomic mass is 10.1. The molecule has 6 nitrogen and oxygen atoms in total. The highest BCUT2D eigenvalue weighted by Gasteiger charge is 2.34. The van der Waals surface area contributed by atoms with Gasteiger partial charge in [-0.15, -0.1) is 21.5 Å². The predicted molar refractivity (Wildman–Crippen MR) is 80.9 cm³/mol. The molecule has 0 saturated carbocycles. The maximum atomic E-state index is 12.1. The Morgan fingerprint density at radius 2 is 2.24 bits per heavy atom. The highest BCUT2D eigenvalue weighted by molar-refractivity contribution is 7.11. The molecule has 1 saturated heterocycles. The van der Waals surface area contributed by atoms with Gasteiger partial charge in [0, 0.05) is 32.5 Å². The fourth-order valence-corrected chi connectivity index (χ4v) is 3.15. The van der Waals surface area contributed by atoms with Crippen LogP contribution in [0.15, 0.2) is 0 Å². The first-order chi connectivity index (χ1) is 9.95. The van der Waals surface area contributed by atoms with E-state index in [1.165, 1.54) is 0 Å². The molecule has 2 heterocycles. The van der Waals surface area contributed by atoms with Crippen LogP contribution in [0.25, 0.3) is 0 Å². The average Bonchev–Trinajstić information content (AvgIpc) is 2.96. The van der Waals surface area contributed by atoms with E-state index in [9.17, 15) is 9.59 Å². The van der Waals surface area contributed by atoms with E-state index >= 15 is 0 Å². The molecule has 0 radical (unpaired) electrons. The zero-order chi connectivity index (χ0) is 15.4. The van der Waals surface area contributed by atoms with Crippen molar-refractivity contribution in [2.45, 2.75) is 33.6 Å². The van der Waals surface area contributed by atoms with Crippen molar-refractivity contribution in [2.24, 2.45) is 11.8 Å². The predicted octanol–water partition coefficient (Wildman–Crippen LogP) is 1.01. The molecule has 1 atom stereocenters. The standard InChI is InChI=1S/C14H22N4O2S/c1-9(2)7-18-8-11(6-13(18)19)14(20)15-5-4-12-17-16-10(3)21-12/h9,11H,4-8H2,1-3H3,(H,15,20).